The number of rotatable bonds is 7. The van der Waals surface area contributed by atoms with Crippen LogP contribution in [-0.4, -0.2) is 24.8 Å². The van der Waals surface area contributed by atoms with Crippen molar-refractivity contribution in [2.75, 3.05) is 13.2 Å². The van der Waals surface area contributed by atoms with Crippen LogP contribution in [0.15, 0.2) is 0 Å². The molecule has 2 atom stereocenters. The third-order valence-electron chi connectivity index (χ3n) is 2.74. The van der Waals surface area contributed by atoms with Gasteiger partial charge in [-0.05, 0) is 26.3 Å². The molecule has 0 saturated heterocycles. The second kappa shape index (κ2) is 6.81. The molecular formula is C12H24N2O. The largest absolute Gasteiger partial charge is 0.378 e. The summed E-state index contributed by atoms with van der Waals surface area (Å²) in [4.78, 5) is 0. The van der Waals surface area contributed by atoms with Crippen LogP contribution in [-0.2, 0) is 4.74 Å². The first-order chi connectivity index (χ1) is 6.95. The molecule has 88 valence electrons. The number of nitrogens with one attached hydrogen (secondary N) is 1. The molecule has 0 saturated carbocycles. The molecule has 0 heterocycles. The predicted molar refractivity (Wildman–Crippen MR) is 62.6 cm³/mol. The van der Waals surface area contributed by atoms with E-state index in [4.69, 9.17) is 10.00 Å². The Labute approximate surface area is 93.8 Å². The van der Waals surface area contributed by atoms with Crippen LogP contribution < -0.4 is 5.32 Å². The lowest BCUT2D eigenvalue weighted by molar-refractivity contribution is 0.0274. The molecule has 15 heavy (non-hydrogen) atoms. The molecule has 0 rings (SSSR count). The Kier molecular flexibility index (Phi) is 6.55. The molecule has 0 aromatic rings. The van der Waals surface area contributed by atoms with E-state index < -0.39 is 5.54 Å². The Morgan fingerprint density at radius 3 is 2.40 bits per heavy atom. The Morgan fingerprint density at radius 1 is 1.40 bits per heavy atom. The molecule has 0 aliphatic carbocycles. The first-order valence-electron chi connectivity index (χ1n) is 5.73. The van der Waals surface area contributed by atoms with Crippen molar-refractivity contribution < 1.29 is 4.74 Å². The fourth-order valence-corrected chi connectivity index (χ4v) is 1.22. The Morgan fingerprint density at radius 2 is 2.00 bits per heavy atom. The highest BCUT2D eigenvalue weighted by atomic mass is 16.5. The van der Waals surface area contributed by atoms with Gasteiger partial charge in [-0.3, -0.25) is 5.32 Å². The maximum absolute atomic E-state index is 9.02. The molecule has 0 spiro atoms. The molecule has 0 bridgehead atoms. The summed E-state index contributed by atoms with van der Waals surface area (Å²) in [6.07, 6.45) is 0.989. The van der Waals surface area contributed by atoms with Crippen molar-refractivity contribution >= 4 is 0 Å². The van der Waals surface area contributed by atoms with Gasteiger partial charge in [-0.1, -0.05) is 20.8 Å². The van der Waals surface area contributed by atoms with E-state index in [1.54, 1.807) is 0 Å². The lowest BCUT2D eigenvalue weighted by atomic mass is 10.0. The van der Waals surface area contributed by atoms with Crippen molar-refractivity contribution in [3.63, 3.8) is 0 Å². The average molecular weight is 212 g/mol. The fourth-order valence-electron chi connectivity index (χ4n) is 1.22. The van der Waals surface area contributed by atoms with Crippen LogP contribution in [0.1, 0.15) is 41.0 Å². The number of ether oxygens (including phenoxy) is 1. The van der Waals surface area contributed by atoms with E-state index in [2.05, 4.69) is 32.2 Å². The van der Waals surface area contributed by atoms with Crippen molar-refractivity contribution in [2.24, 2.45) is 5.92 Å². The van der Waals surface area contributed by atoms with Crippen LogP contribution in [0.4, 0.5) is 0 Å². The standard InChI is InChI=1S/C12H24N2O/c1-6-14-12(5,9-13)7-8-15-11(4)10(2)3/h10-11,14H,6-8H2,1-5H3. The van der Waals surface area contributed by atoms with E-state index in [-0.39, 0.29) is 6.10 Å². The lowest BCUT2D eigenvalue weighted by Crippen LogP contribution is -2.42. The van der Waals surface area contributed by atoms with E-state index in [0.717, 1.165) is 13.0 Å². The molecule has 0 amide bonds. The summed E-state index contributed by atoms with van der Waals surface area (Å²) in [5.41, 5.74) is -0.453. The fraction of sp³-hybridized carbons (Fsp3) is 0.917. The molecule has 3 heteroatoms. The zero-order valence-corrected chi connectivity index (χ0v) is 10.6. The molecular weight excluding hydrogens is 188 g/mol. The average Bonchev–Trinajstić information content (AvgIpc) is 2.18. The highest BCUT2D eigenvalue weighted by Crippen LogP contribution is 2.11. The summed E-state index contributed by atoms with van der Waals surface area (Å²) in [6.45, 7) is 11.7. The van der Waals surface area contributed by atoms with Gasteiger partial charge in [0.25, 0.3) is 0 Å². The summed E-state index contributed by atoms with van der Waals surface area (Å²) < 4.78 is 5.66. The van der Waals surface area contributed by atoms with Crippen molar-refractivity contribution in [3.8, 4) is 6.07 Å². The first-order valence-corrected chi connectivity index (χ1v) is 5.73. The SMILES string of the molecule is CCNC(C)(C#N)CCOC(C)C(C)C. The molecule has 0 aromatic heterocycles. The second-order valence-corrected chi connectivity index (χ2v) is 4.54. The maximum atomic E-state index is 9.02. The third-order valence-corrected chi connectivity index (χ3v) is 2.74. The zero-order valence-electron chi connectivity index (χ0n) is 10.6. The first kappa shape index (κ1) is 14.4. The number of hydrogen-bond acceptors (Lipinski definition) is 3. The molecule has 3 nitrogen and oxygen atoms in total. The molecule has 1 N–H and O–H groups in total. The number of nitriles is 1. The van der Waals surface area contributed by atoms with Crippen LogP contribution in [0.3, 0.4) is 0 Å². The third kappa shape index (κ3) is 5.76. The highest BCUT2D eigenvalue weighted by molar-refractivity contribution is 5.03. The van der Waals surface area contributed by atoms with Gasteiger partial charge < -0.3 is 4.74 Å². The van der Waals surface area contributed by atoms with Crippen LogP contribution >= 0.6 is 0 Å². The van der Waals surface area contributed by atoms with Gasteiger partial charge in [0, 0.05) is 13.0 Å². The molecule has 0 aliphatic heterocycles. The van der Waals surface area contributed by atoms with Crippen molar-refractivity contribution in [1.29, 1.82) is 5.26 Å². The number of nitrogens with zero attached hydrogens (tertiary/aromatic N) is 1. The second-order valence-electron chi connectivity index (χ2n) is 4.54. The predicted octanol–water partition coefficient (Wildman–Crippen LogP) is 2.33. The van der Waals surface area contributed by atoms with E-state index in [1.165, 1.54) is 0 Å². The molecule has 0 radical (unpaired) electrons. The van der Waals surface area contributed by atoms with E-state index in [0.29, 0.717) is 12.5 Å². The minimum absolute atomic E-state index is 0.259. The maximum Gasteiger partial charge on any atom is 0.106 e. The van der Waals surface area contributed by atoms with E-state index in [9.17, 15) is 0 Å². The van der Waals surface area contributed by atoms with E-state index in [1.807, 2.05) is 13.8 Å². The molecule has 0 fully saturated rings. The van der Waals surface area contributed by atoms with Crippen molar-refractivity contribution in [2.45, 2.75) is 52.7 Å². The minimum Gasteiger partial charge on any atom is -0.378 e. The molecule has 0 aromatic carbocycles. The summed E-state index contributed by atoms with van der Waals surface area (Å²) >= 11 is 0. The minimum atomic E-state index is -0.453. The van der Waals surface area contributed by atoms with Gasteiger partial charge in [0.1, 0.15) is 5.54 Å². The van der Waals surface area contributed by atoms with Crippen molar-refractivity contribution in [3.05, 3.63) is 0 Å². The molecule has 0 aliphatic rings. The van der Waals surface area contributed by atoms with Gasteiger partial charge in [0.15, 0.2) is 0 Å². The van der Waals surface area contributed by atoms with Gasteiger partial charge in [-0.2, -0.15) is 5.26 Å². The molecule has 2 unspecified atom stereocenters. The van der Waals surface area contributed by atoms with Gasteiger partial charge in [-0.15, -0.1) is 0 Å². The van der Waals surface area contributed by atoms with E-state index >= 15 is 0 Å². The Hall–Kier alpha value is -0.590. The summed E-state index contributed by atoms with van der Waals surface area (Å²) in [5, 5.41) is 12.2. The quantitative estimate of drug-likeness (QED) is 0.704. The lowest BCUT2D eigenvalue weighted by Gasteiger charge is -2.24. The van der Waals surface area contributed by atoms with Gasteiger partial charge in [-0.25, -0.2) is 0 Å². The van der Waals surface area contributed by atoms with Crippen LogP contribution in [0.5, 0.6) is 0 Å². The Balaban J connectivity index is 3.88. The summed E-state index contributed by atoms with van der Waals surface area (Å²) in [6, 6.07) is 2.29. The smallest absolute Gasteiger partial charge is 0.106 e. The van der Waals surface area contributed by atoms with Crippen LogP contribution in [0.25, 0.3) is 0 Å². The van der Waals surface area contributed by atoms with Crippen LogP contribution in [0, 0.1) is 17.2 Å². The van der Waals surface area contributed by atoms with Crippen molar-refractivity contribution in [1.82, 2.24) is 5.32 Å². The normalized spacial score (nSPS) is 17.1. The number of hydrogen-bond donors (Lipinski definition) is 1. The topological polar surface area (TPSA) is 45.0 Å². The van der Waals surface area contributed by atoms with Gasteiger partial charge in [0.05, 0.1) is 12.2 Å². The summed E-state index contributed by atoms with van der Waals surface area (Å²) in [7, 11) is 0. The highest BCUT2D eigenvalue weighted by Gasteiger charge is 2.22. The van der Waals surface area contributed by atoms with Gasteiger partial charge in [0.2, 0.25) is 0 Å². The Bertz CT molecular complexity index is 210. The van der Waals surface area contributed by atoms with Gasteiger partial charge >= 0.3 is 0 Å². The zero-order chi connectivity index (χ0) is 11.9. The summed E-state index contributed by atoms with van der Waals surface area (Å²) in [5.74, 6) is 0.525. The van der Waals surface area contributed by atoms with Crippen LogP contribution in [0.2, 0.25) is 0 Å². The monoisotopic (exact) mass is 212 g/mol.